The Labute approximate surface area is 165 Å². The van der Waals surface area contributed by atoms with Crippen molar-refractivity contribution in [3.63, 3.8) is 0 Å². The van der Waals surface area contributed by atoms with Gasteiger partial charge in [0.25, 0.3) is 5.91 Å². The van der Waals surface area contributed by atoms with Gasteiger partial charge in [-0.05, 0) is 79.1 Å². The fourth-order valence-corrected chi connectivity index (χ4v) is 5.27. The molecular weight excluding hydrogens is 374 g/mol. The van der Waals surface area contributed by atoms with Gasteiger partial charge in [0.1, 0.15) is 0 Å². The molecule has 0 fully saturated rings. The topological polar surface area (TPSA) is 92.5 Å². The molecule has 0 aromatic heterocycles. The maximum absolute atomic E-state index is 12.9. The van der Waals surface area contributed by atoms with Gasteiger partial charge in [-0.3, -0.25) is 9.10 Å². The minimum atomic E-state index is -3.31. The minimum Gasteiger partial charge on any atom is -0.399 e. The monoisotopic (exact) mass is 399 g/mol. The lowest BCUT2D eigenvalue weighted by molar-refractivity contribution is 0.0932. The van der Waals surface area contributed by atoms with Gasteiger partial charge in [0.05, 0.1) is 18.0 Å². The van der Waals surface area contributed by atoms with Gasteiger partial charge in [0, 0.05) is 17.8 Å². The zero-order chi connectivity index (χ0) is 19.9. The summed E-state index contributed by atoms with van der Waals surface area (Å²) in [4.78, 5) is 12.9. The number of nitrogens with one attached hydrogen (secondary N) is 1. The molecule has 0 bridgehead atoms. The molecular formula is C21H25N3O3S. The van der Waals surface area contributed by atoms with Crippen LogP contribution in [-0.2, 0) is 22.9 Å². The van der Waals surface area contributed by atoms with E-state index in [0.717, 1.165) is 48.9 Å². The van der Waals surface area contributed by atoms with Crippen LogP contribution in [0, 0.1) is 0 Å². The summed E-state index contributed by atoms with van der Waals surface area (Å²) in [5.74, 6) is -0.131. The van der Waals surface area contributed by atoms with Crippen molar-refractivity contribution in [2.75, 3.05) is 22.8 Å². The van der Waals surface area contributed by atoms with E-state index in [1.807, 2.05) is 24.3 Å². The number of amides is 1. The first kappa shape index (κ1) is 18.8. The van der Waals surface area contributed by atoms with Gasteiger partial charge in [-0.2, -0.15) is 0 Å². The first-order valence-corrected chi connectivity index (χ1v) is 11.5. The van der Waals surface area contributed by atoms with Gasteiger partial charge in [-0.15, -0.1) is 0 Å². The second kappa shape index (κ2) is 7.13. The van der Waals surface area contributed by atoms with Crippen LogP contribution < -0.4 is 15.4 Å². The highest BCUT2D eigenvalue weighted by Crippen LogP contribution is 2.32. The first-order chi connectivity index (χ1) is 13.3. The van der Waals surface area contributed by atoms with E-state index in [1.165, 1.54) is 16.1 Å². The van der Waals surface area contributed by atoms with Gasteiger partial charge in [-0.25, -0.2) is 8.42 Å². The lowest BCUT2D eigenvalue weighted by atomic mass is 9.87. The largest absolute Gasteiger partial charge is 0.399 e. The fourth-order valence-electron chi connectivity index (χ4n) is 4.27. The van der Waals surface area contributed by atoms with Crippen molar-refractivity contribution >= 4 is 27.3 Å². The molecule has 4 rings (SSSR count). The Morgan fingerprint density at radius 3 is 2.68 bits per heavy atom. The average molecular weight is 400 g/mol. The third-order valence-corrected chi connectivity index (χ3v) is 6.78. The molecule has 6 nitrogen and oxygen atoms in total. The van der Waals surface area contributed by atoms with E-state index in [4.69, 9.17) is 5.73 Å². The number of hydrogen-bond donors (Lipinski definition) is 2. The van der Waals surface area contributed by atoms with Gasteiger partial charge in [0.15, 0.2) is 0 Å². The number of nitrogen functional groups attached to an aromatic ring is 1. The number of benzene rings is 2. The van der Waals surface area contributed by atoms with Crippen molar-refractivity contribution in [1.82, 2.24) is 5.32 Å². The zero-order valence-electron chi connectivity index (χ0n) is 15.9. The molecule has 2 aromatic rings. The van der Waals surface area contributed by atoms with Crippen molar-refractivity contribution in [3.05, 3.63) is 58.7 Å². The smallest absolute Gasteiger partial charge is 0.251 e. The molecule has 1 heterocycles. The second-order valence-electron chi connectivity index (χ2n) is 7.66. The predicted molar refractivity (Wildman–Crippen MR) is 111 cm³/mol. The van der Waals surface area contributed by atoms with Crippen molar-refractivity contribution in [2.45, 2.75) is 38.1 Å². The minimum absolute atomic E-state index is 0.0274. The summed E-state index contributed by atoms with van der Waals surface area (Å²) in [5, 5.41) is 3.15. The van der Waals surface area contributed by atoms with Crippen LogP contribution in [0.1, 0.15) is 52.4 Å². The average Bonchev–Trinajstić information content (AvgIpc) is 2.66. The molecule has 148 valence electrons. The molecule has 0 saturated heterocycles. The predicted octanol–water partition coefficient (Wildman–Crippen LogP) is 2.79. The Morgan fingerprint density at radius 1 is 1.11 bits per heavy atom. The molecule has 0 radical (unpaired) electrons. The summed E-state index contributed by atoms with van der Waals surface area (Å²) in [7, 11) is -3.31. The molecule has 1 unspecified atom stereocenters. The van der Waals surface area contributed by atoms with E-state index in [9.17, 15) is 13.2 Å². The number of sulfonamides is 1. The number of fused-ring (bicyclic) bond motifs is 2. The molecule has 0 spiro atoms. The lowest BCUT2D eigenvalue weighted by Crippen LogP contribution is -2.35. The number of aryl methyl sites for hydroxylation is 2. The van der Waals surface area contributed by atoms with E-state index in [1.54, 1.807) is 12.1 Å². The molecule has 7 heteroatoms. The Bertz CT molecular complexity index is 1030. The van der Waals surface area contributed by atoms with Crippen LogP contribution in [0.15, 0.2) is 36.4 Å². The first-order valence-electron chi connectivity index (χ1n) is 9.63. The lowest BCUT2D eigenvalue weighted by Gasteiger charge is -2.30. The molecule has 2 aliphatic rings. The molecule has 1 aliphatic carbocycles. The van der Waals surface area contributed by atoms with E-state index in [2.05, 4.69) is 5.32 Å². The highest BCUT2D eigenvalue weighted by molar-refractivity contribution is 7.92. The van der Waals surface area contributed by atoms with Crippen LogP contribution in [0.5, 0.6) is 0 Å². The van der Waals surface area contributed by atoms with Crippen LogP contribution in [0.25, 0.3) is 0 Å². The standard InChI is InChI=1S/C21H25N3O3S/c1-28(26,27)24-11-3-5-15-12-16(7-10-20(15)24)21(25)23-19-6-2-4-14-13-17(22)8-9-18(14)19/h7-10,12-13,19H,2-6,11,22H2,1H3,(H,23,25). The summed E-state index contributed by atoms with van der Waals surface area (Å²) < 4.78 is 25.4. The van der Waals surface area contributed by atoms with E-state index in [0.29, 0.717) is 17.8 Å². The Morgan fingerprint density at radius 2 is 1.89 bits per heavy atom. The van der Waals surface area contributed by atoms with E-state index < -0.39 is 10.0 Å². The van der Waals surface area contributed by atoms with E-state index >= 15 is 0 Å². The van der Waals surface area contributed by atoms with Gasteiger partial charge in [-0.1, -0.05) is 6.07 Å². The molecule has 2 aromatic carbocycles. The third kappa shape index (κ3) is 3.58. The summed E-state index contributed by atoms with van der Waals surface area (Å²) in [6, 6.07) is 11.1. The maximum atomic E-state index is 12.9. The Hall–Kier alpha value is -2.54. The molecule has 3 N–H and O–H groups in total. The summed E-state index contributed by atoms with van der Waals surface area (Å²) in [6.45, 7) is 0.485. The number of carbonyl (C=O) groups excluding carboxylic acids is 1. The summed E-state index contributed by atoms with van der Waals surface area (Å²) in [5.41, 5.74) is 11.1. The van der Waals surface area contributed by atoms with Gasteiger partial charge in [0.2, 0.25) is 10.0 Å². The molecule has 28 heavy (non-hydrogen) atoms. The van der Waals surface area contributed by atoms with Crippen LogP contribution >= 0.6 is 0 Å². The molecule has 1 amide bonds. The Balaban J connectivity index is 1.57. The van der Waals surface area contributed by atoms with Gasteiger partial charge >= 0.3 is 0 Å². The zero-order valence-corrected chi connectivity index (χ0v) is 16.8. The highest BCUT2D eigenvalue weighted by atomic mass is 32.2. The van der Waals surface area contributed by atoms with Crippen molar-refractivity contribution in [2.24, 2.45) is 0 Å². The molecule has 0 saturated carbocycles. The summed E-state index contributed by atoms with van der Waals surface area (Å²) in [6.07, 6.45) is 5.63. The number of rotatable bonds is 3. The maximum Gasteiger partial charge on any atom is 0.251 e. The highest BCUT2D eigenvalue weighted by Gasteiger charge is 2.26. The third-order valence-electron chi connectivity index (χ3n) is 5.60. The van der Waals surface area contributed by atoms with Crippen molar-refractivity contribution in [3.8, 4) is 0 Å². The van der Waals surface area contributed by atoms with Crippen LogP contribution in [-0.4, -0.2) is 27.1 Å². The van der Waals surface area contributed by atoms with E-state index in [-0.39, 0.29) is 11.9 Å². The normalized spacial score (nSPS) is 18.9. The molecule has 1 atom stereocenters. The number of nitrogens with zero attached hydrogens (tertiary/aromatic N) is 1. The second-order valence-corrected chi connectivity index (χ2v) is 9.57. The molecule has 1 aliphatic heterocycles. The quantitative estimate of drug-likeness (QED) is 0.776. The fraction of sp³-hybridized carbons (Fsp3) is 0.381. The van der Waals surface area contributed by atoms with Crippen molar-refractivity contribution in [1.29, 1.82) is 0 Å². The van der Waals surface area contributed by atoms with Gasteiger partial charge < -0.3 is 11.1 Å². The number of carbonyl (C=O) groups is 1. The van der Waals surface area contributed by atoms with Crippen LogP contribution in [0.3, 0.4) is 0 Å². The SMILES string of the molecule is CS(=O)(=O)N1CCCc2cc(C(=O)NC3CCCc4cc(N)ccc43)ccc21. The number of nitrogens with two attached hydrogens (primary N) is 1. The Kier molecular flexibility index (Phi) is 4.79. The summed E-state index contributed by atoms with van der Waals surface area (Å²) >= 11 is 0. The number of hydrogen-bond acceptors (Lipinski definition) is 4. The van der Waals surface area contributed by atoms with Crippen molar-refractivity contribution < 1.29 is 13.2 Å². The number of anilines is 2. The van der Waals surface area contributed by atoms with Crippen LogP contribution in [0.4, 0.5) is 11.4 Å². The van der Waals surface area contributed by atoms with Crippen LogP contribution in [0.2, 0.25) is 0 Å².